The molecule has 6 heteroatoms. The van der Waals surface area contributed by atoms with Crippen LogP contribution in [0.2, 0.25) is 0 Å². The molecule has 0 spiro atoms. The molecule has 0 fully saturated rings. The number of carbonyl (C=O) groups excluding carboxylic acids is 1. The van der Waals surface area contributed by atoms with Gasteiger partial charge in [0.15, 0.2) is 0 Å². The van der Waals surface area contributed by atoms with Crippen molar-refractivity contribution in [1.82, 2.24) is 15.0 Å². The molecule has 3 aromatic rings. The zero-order valence-corrected chi connectivity index (χ0v) is 13.3. The Kier molecular flexibility index (Phi) is 4.76. The Balaban J connectivity index is 1.71. The summed E-state index contributed by atoms with van der Waals surface area (Å²) in [4.78, 5) is 26.8. The monoisotopic (exact) mass is 319 g/mol. The molecular weight excluding hydrogens is 302 g/mol. The number of hydrogen-bond donors (Lipinski definition) is 1. The predicted molar refractivity (Wildman–Crippen MR) is 92.8 cm³/mol. The maximum absolute atomic E-state index is 12.6. The van der Waals surface area contributed by atoms with E-state index < -0.39 is 0 Å². The summed E-state index contributed by atoms with van der Waals surface area (Å²) in [6.45, 7) is 0.493. The van der Waals surface area contributed by atoms with Crippen LogP contribution in [0.5, 0.6) is 0 Å². The first-order valence-corrected chi connectivity index (χ1v) is 7.54. The predicted octanol–water partition coefficient (Wildman–Crippen LogP) is 2.76. The standard InChI is InChI=1S/C18H17N5O/c1-23(15-8-3-2-4-9-15)17(24)16-10-12-20-18(22-16)21-13-14-7-5-6-11-19-14/h2-12H,13H2,1H3,(H,20,21,22). The molecule has 0 bridgehead atoms. The van der Waals surface area contributed by atoms with E-state index in [4.69, 9.17) is 0 Å². The lowest BCUT2D eigenvalue weighted by atomic mass is 10.2. The quantitative estimate of drug-likeness (QED) is 0.783. The van der Waals surface area contributed by atoms with Crippen LogP contribution in [0.15, 0.2) is 67.0 Å². The molecule has 120 valence electrons. The van der Waals surface area contributed by atoms with E-state index in [-0.39, 0.29) is 5.91 Å². The van der Waals surface area contributed by atoms with Crippen molar-refractivity contribution in [3.63, 3.8) is 0 Å². The summed E-state index contributed by atoms with van der Waals surface area (Å²) in [6, 6.07) is 16.7. The van der Waals surface area contributed by atoms with Gasteiger partial charge in [0.05, 0.1) is 12.2 Å². The Bertz CT molecular complexity index is 808. The number of amides is 1. The van der Waals surface area contributed by atoms with Crippen LogP contribution in [0.1, 0.15) is 16.2 Å². The van der Waals surface area contributed by atoms with Crippen molar-refractivity contribution < 1.29 is 4.79 Å². The molecule has 0 atom stereocenters. The van der Waals surface area contributed by atoms with Crippen molar-refractivity contribution in [3.8, 4) is 0 Å². The van der Waals surface area contributed by atoms with Gasteiger partial charge >= 0.3 is 0 Å². The number of benzene rings is 1. The second-order valence-corrected chi connectivity index (χ2v) is 5.14. The Morgan fingerprint density at radius 2 is 1.79 bits per heavy atom. The van der Waals surface area contributed by atoms with Crippen molar-refractivity contribution in [2.75, 3.05) is 17.3 Å². The molecule has 0 unspecified atom stereocenters. The molecule has 0 aliphatic heterocycles. The van der Waals surface area contributed by atoms with E-state index in [1.54, 1.807) is 30.4 Å². The van der Waals surface area contributed by atoms with Crippen molar-refractivity contribution in [1.29, 1.82) is 0 Å². The largest absolute Gasteiger partial charge is 0.349 e. The number of anilines is 2. The summed E-state index contributed by atoms with van der Waals surface area (Å²) >= 11 is 0. The number of nitrogens with zero attached hydrogens (tertiary/aromatic N) is 4. The molecule has 0 saturated carbocycles. The summed E-state index contributed by atoms with van der Waals surface area (Å²) < 4.78 is 0. The van der Waals surface area contributed by atoms with Gasteiger partial charge in [0.25, 0.3) is 5.91 Å². The van der Waals surface area contributed by atoms with Gasteiger partial charge in [0.1, 0.15) is 5.69 Å². The third-order valence-corrected chi connectivity index (χ3v) is 3.48. The Morgan fingerprint density at radius 1 is 1.00 bits per heavy atom. The van der Waals surface area contributed by atoms with E-state index in [0.29, 0.717) is 18.2 Å². The van der Waals surface area contributed by atoms with Crippen LogP contribution < -0.4 is 10.2 Å². The topological polar surface area (TPSA) is 71.0 Å². The number of aromatic nitrogens is 3. The van der Waals surface area contributed by atoms with Crippen LogP contribution in [0.4, 0.5) is 11.6 Å². The van der Waals surface area contributed by atoms with E-state index in [0.717, 1.165) is 11.4 Å². The van der Waals surface area contributed by atoms with Gasteiger partial charge in [-0.3, -0.25) is 9.78 Å². The van der Waals surface area contributed by atoms with Gasteiger partial charge in [-0.15, -0.1) is 0 Å². The van der Waals surface area contributed by atoms with E-state index in [1.165, 1.54) is 0 Å². The summed E-state index contributed by atoms with van der Waals surface area (Å²) in [5.41, 5.74) is 2.02. The lowest BCUT2D eigenvalue weighted by molar-refractivity contribution is 0.0988. The zero-order valence-electron chi connectivity index (χ0n) is 13.3. The lowest BCUT2D eigenvalue weighted by Crippen LogP contribution is -2.27. The van der Waals surface area contributed by atoms with Gasteiger partial charge < -0.3 is 10.2 Å². The highest BCUT2D eigenvalue weighted by molar-refractivity contribution is 6.04. The van der Waals surface area contributed by atoms with Crippen molar-refractivity contribution in [3.05, 3.63) is 78.4 Å². The van der Waals surface area contributed by atoms with Gasteiger partial charge in [-0.1, -0.05) is 24.3 Å². The molecule has 2 heterocycles. The number of rotatable bonds is 5. The number of nitrogens with one attached hydrogen (secondary N) is 1. The van der Waals surface area contributed by atoms with Gasteiger partial charge in [0, 0.05) is 25.1 Å². The number of pyridine rings is 1. The smallest absolute Gasteiger partial charge is 0.276 e. The maximum atomic E-state index is 12.6. The Morgan fingerprint density at radius 3 is 2.54 bits per heavy atom. The fourth-order valence-electron chi connectivity index (χ4n) is 2.18. The number of hydrogen-bond acceptors (Lipinski definition) is 5. The molecule has 0 aliphatic carbocycles. The summed E-state index contributed by atoms with van der Waals surface area (Å²) in [7, 11) is 1.72. The third kappa shape index (κ3) is 3.73. The molecule has 1 amide bonds. The molecule has 0 aliphatic rings. The minimum atomic E-state index is -0.190. The summed E-state index contributed by atoms with van der Waals surface area (Å²) in [5.74, 6) is 0.206. The van der Waals surface area contributed by atoms with Gasteiger partial charge in [-0.2, -0.15) is 0 Å². The van der Waals surface area contributed by atoms with Gasteiger partial charge in [0.2, 0.25) is 5.95 Å². The highest BCUT2D eigenvalue weighted by Crippen LogP contribution is 2.14. The Hall–Kier alpha value is -3.28. The van der Waals surface area contributed by atoms with Gasteiger partial charge in [-0.25, -0.2) is 9.97 Å². The molecule has 2 aromatic heterocycles. The highest BCUT2D eigenvalue weighted by Gasteiger charge is 2.15. The third-order valence-electron chi connectivity index (χ3n) is 3.48. The summed E-state index contributed by atoms with van der Waals surface area (Å²) in [5, 5.41) is 3.08. The van der Waals surface area contributed by atoms with Crippen LogP contribution in [0.3, 0.4) is 0 Å². The van der Waals surface area contributed by atoms with Crippen molar-refractivity contribution >= 4 is 17.5 Å². The van der Waals surface area contributed by atoms with Crippen LogP contribution in [-0.2, 0) is 6.54 Å². The normalized spacial score (nSPS) is 10.2. The number of para-hydroxylation sites is 1. The van der Waals surface area contributed by atoms with Crippen LogP contribution in [0.25, 0.3) is 0 Å². The molecule has 1 N–H and O–H groups in total. The maximum Gasteiger partial charge on any atom is 0.276 e. The second-order valence-electron chi connectivity index (χ2n) is 5.14. The van der Waals surface area contributed by atoms with E-state index in [1.807, 2.05) is 48.5 Å². The number of carbonyl (C=O) groups is 1. The SMILES string of the molecule is CN(C(=O)c1ccnc(NCc2ccccn2)n1)c1ccccc1. The van der Waals surface area contributed by atoms with E-state index in [9.17, 15) is 4.79 Å². The minimum absolute atomic E-state index is 0.190. The van der Waals surface area contributed by atoms with Gasteiger partial charge in [-0.05, 0) is 30.3 Å². The molecule has 24 heavy (non-hydrogen) atoms. The lowest BCUT2D eigenvalue weighted by Gasteiger charge is -2.16. The second kappa shape index (κ2) is 7.32. The van der Waals surface area contributed by atoms with E-state index >= 15 is 0 Å². The van der Waals surface area contributed by atoms with Crippen molar-refractivity contribution in [2.45, 2.75) is 6.54 Å². The molecule has 1 aromatic carbocycles. The first-order chi connectivity index (χ1) is 11.7. The first kappa shape index (κ1) is 15.6. The van der Waals surface area contributed by atoms with Crippen LogP contribution in [0, 0.1) is 0 Å². The van der Waals surface area contributed by atoms with Crippen molar-refractivity contribution in [2.24, 2.45) is 0 Å². The molecule has 0 saturated heterocycles. The molecule has 6 nitrogen and oxygen atoms in total. The average molecular weight is 319 g/mol. The minimum Gasteiger partial charge on any atom is -0.349 e. The fraction of sp³-hybridized carbons (Fsp3) is 0.111. The Labute approximate surface area is 140 Å². The van der Waals surface area contributed by atoms with E-state index in [2.05, 4.69) is 20.3 Å². The highest BCUT2D eigenvalue weighted by atomic mass is 16.2. The van der Waals surface area contributed by atoms with Crippen LogP contribution in [-0.4, -0.2) is 27.9 Å². The molecular formula is C18H17N5O. The van der Waals surface area contributed by atoms with Crippen LogP contribution >= 0.6 is 0 Å². The average Bonchev–Trinajstić information content (AvgIpc) is 2.67. The summed E-state index contributed by atoms with van der Waals surface area (Å²) in [6.07, 6.45) is 3.30. The molecule has 3 rings (SSSR count). The molecule has 0 radical (unpaired) electrons. The first-order valence-electron chi connectivity index (χ1n) is 7.54. The fourth-order valence-corrected chi connectivity index (χ4v) is 2.18. The zero-order chi connectivity index (χ0) is 16.8.